The molecule has 3 amide bonds. The topological polar surface area (TPSA) is 66.5 Å². The van der Waals surface area contributed by atoms with Crippen LogP contribution in [0.4, 0.5) is 11.4 Å². The van der Waals surface area contributed by atoms with E-state index in [2.05, 4.69) is 5.32 Å². The largest absolute Gasteiger partial charge is 0.322 e. The Kier molecular flexibility index (Phi) is 4.82. The van der Waals surface area contributed by atoms with Crippen molar-refractivity contribution in [3.05, 3.63) is 71.3 Å². The van der Waals surface area contributed by atoms with Crippen LogP contribution in [0.15, 0.2) is 54.6 Å². The Morgan fingerprint density at radius 2 is 1.79 bits per heavy atom. The molecule has 29 heavy (non-hydrogen) atoms. The highest BCUT2D eigenvalue weighted by Crippen LogP contribution is 2.41. The van der Waals surface area contributed by atoms with Gasteiger partial charge in [0, 0.05) is 5.69 Å². The quantitative estimate of drug-likeness (QED) is 0.631. The summed E-state index contributed by atoms with van der Waals surface area (Å²) in [6.07, 6.45) is 4.53. The molecule has 1 saturated heterocycles. The summed E-state index contributed by atoms with van der Waals surface area (Å²) in [4.78, 5) is 40.4. The first-order chi connectivity index (χ1) is 13.9. The van der Waals surface area contributed by atoms with Gasteiger partial charge in [0.1, 0.15) is 0 Å². The maximum Gasteiger partial charge on any atom is 0.257 e. The van der Waals surface area contributed by atoms with Gasteiger partial charge in [-0.05, 0) is 61.6 Å². The molecule has 4 rings (SSSR count). The van der Waals surface area contributed by atoms with Crippen molar-refractivity contribution in [1.29, 1.82) is 0 Å². The number of allylic oxidation sites excluding steroid dienone is 2. The molecule has 2 aliphatic rings. The zero-order valence-corrected chi connectivity index (χ0v) is 16.8. The number of anilines is 2. The number of amides is 3. The molecule has 0 bridgehead atoms. The van der Waals surface area contributed by atoms with E-state index in [1.807, 2.05) is 51.1 Å². The molecule has 1 fully saturated rings. The van der Waals surface area contributed by atoms with E-state index in [1.54, 1.807) is 24.3 Å². The number of para-hydroxylation sites is 1. The van der Waals surface area contributed by atoms with Gasteiger partial charge in [0.05, 0.1) is 23.1 Å². The number of fused-ring (bicyclic) bond motifs is 1. The number of rotatable bonds is 3. The molecule has 1 N–H and O–H groups in total. The van der Waals surface area contributed by atoms with E-state index in [1.165, 1.54) is 4.90 Å². The van der Waals surface area contributed by atoms with E-state index >= 15 is 0 Å². The summed E-state index contributed by atoms with van der Waals surface area (Å²) >= 11 is 0. The van der Waals surface area contributed by atoms with Crippen LogP contribution in [0.25, 0.3) is 0 Å². The second kappa shape index (κ2) is 7.32. The predicted octanol–water partition coefficient (Wildman–Crippen LogP) is 4.26. The van der Waals surface area contributed by atoms with Crippen LogP contribution in [0.1, 0.15) is 34.8 Å². The highest BCUT2D eigenvalue weighted by molar-refractivity contribution is 6.25. The predicted molar refractivity (Wildman–Crippen MR) is 113 cm³/mol. The highest BCUT2D eigenvalue weighted by Gasteiger charge is 2.51. The Bertz CT molecular complexity index is 1040. The first-order valence-electron chi connectivity index (χ1n) is 9.90. The SMILES string of the molecule is Cc1ccc(NC(=O)c2ccccc2N2C(=O)[C@H]3[C@@H](C)C=CC[C@H]3C2=O)cc1C. The lowest BCUT2D eigenvalue weighted by molar-refractivity contribution is -0.122. The van der Waals surface area contributed by atoms with Crippen molar-refractivity contribution >= 4 is 29.1 Å². The molecule has 3 atom stereocenters. The minimum Gasteiger partial charge on any atom is -0.322 e. The van der Waals surface area contributed by atoms with Gasteiger partial charge in [-0.3, -0.25) is 14.4 Å². The number of imide groups is 1. The first-order valence-corrected chi connectivity index (χ1v) is 9.90. The van der Waals surface area contributed by atoms with E-state index in [4.69, 9.17) is 0 Å². The number of aryl methyl sites for hydroxylation is 2. The molecular weight excluding hydrogens is 364 g/mol. The average Bonchev–Trinajstić information content (AvgIpc) is 2.96. The van der Waals surface area contributed by atoms with Gasteiger partial charge in [-0.25, -0.2) is 4.90 Å². The smallest absolute Gasteiger partial charge is 0.257 e. The molecule has 0 unspecified atom stereocenters. The van der Waals surface area contributed by atoms with Crippen molar-refractivity contribution in [2.24, 2.45) is 17.8 Å². The lowest BCUT2D eigenvalue weighted by Crippen LogP contribution is -2.33. The van der Waals surface area contributed by atoms with E-state index in [-0.39, 0.29) is 35.5 Å². The molecule has 148 valence electrons. The normalized spacial score (nSPS) is 23.3. The average molecular weight is 388 g/mol. The highest BCUT2D eigenvalue weighted by atomic mass is 16.2. The molecule has 2 aromatic rings. The molecule has 1 aliphatic heterocycles. The fourth-order valence-corrected chi connectivity index (χ4v) is 4.26. The molecule has 5 nitrogen and oxygen atoms in total. The molecule has 1 heterocycles. The number of hydrogen-bond donors (Lipinski definition) is 1. The van der Waals surface area contributed by atoms with E-state index in [0.29, 0.717) is 23.4 Å². The fraction of sp³-hybridized carbons (Fsp3) is 0.292. The van der Waals surface area contributed by atoms with Crippen molar-refractivity contribution < 1.29 is 14.4 Å². The van der Waals surface area contributed by atoms with Crippen molar-refractivity contribution in [2.45, 2.75) is 27.2 Å². The molecule has 0 saturated carbocycles. The summed E-state index contributed by atoms with van der Waals surface area (Å²) in [5, 5.41) is 2.89. The van der Waals surface area contributed by atoms with Crippen LogP contribution >= 0.6 is 0 Å². The maximum atomic E-state index is 13.1. The number of carbonyl (C=O) groups is 3. The van der Waals surface area contributed by atoms with Crippen LogP contribution in [0, 0.1) is 31.6 Å². The third-order valence-corrected chi connectivity index (χ3v) is 6.03. The third kappa shape index (κ3) is 3.27. The third-order valence-electron chi connectivity index (χ3n) is 6.03. The van der Waals surface area contributed by atoms with Crippen LogP contribution in [0.2, 0.25) is 0 Å². The summed E-state index contributed by atoms with van der Waals surface area (Å²) in [7, 11) is 0. The lowest BCUT2D eigenvalue weighted by atomic mass is 9.78. The number of nitrogens with zero attached hydrogens (tertiary/aromatic N) is 1. The summed E-state index contributed by atoms with van der Waals surface area (Å²) < 4.78 is 0. The molecule has 1 aliphatic carbocycles. The van der Waals surface area contributed by atoms with Crippen molar-refractivity contribution in [1.82, 2.24) is 0 Å². The van der Waals surface area contributed by atoms with Crippen molar-refractivity contribution in [3.8, 4) is 0 Å². The summed E-state index contributed by atoms with van der Waals surface area (Å²) in [6.45, 7) is 5.95. The van der Waals surface area contributed by atoms with Crippen LogP contribution in [0.5, 0.6) is 0 Å². The summed E-state index contributed by atoms with van der Waals surface area (Å²) in [5.41, 5.74) is 3.56. The van der Waals surface area contributed by atoms with Crippen LogP contribution in [-0.2, 0) is 9.59 Å². The molecule has 2 aromatic carbocycles. The Morgan fingerprint density at radius 3 is 2.52 bits per heavy atom. The standard InChI is InChI=1S/C24H24N2O3/c1-14-11-12-17(13-16(14)3)25-22(27)18-8-4-5-10-20(18)26-23(28)19-9-6-7-15(2)21(19)24(26)29/h4-8,10-13,15,19,21H,9H2,1-3H3,(H,25,27)/t15-,19+,21-/m0/s1. The van der Waals surface area contributed by atoms with E-state index in [9.17, 15) is 14.4 Å². The van der Waals surface area contributed by atoms with Crippen molar-refractivity contribution in [2.75, 3.05) is 10.2 Å². The van der Waals surface area contributed by atoms with Gasteiger partial charge < -0.3 is 5.32 Å². The van der Waals surface area contributed by atoms with Gasteiger partial charge in [-0.1, -0.05) is 37.3 Å². The molecule has 0 aromatic heterocycles. The second-order valence-electron chi connectivity index (χ2n) is 7.94. The number of carbonyl (C=O) groups excluding carboxylic acids is 3. The Morgan fingerprint density at radius 1 is 1.03 bits per heavy atom. The number of hydrogen-bond acceptors (Lipinski definition) is 3. The maximum absolute atomic E-state index is 13.1. The first kappa shape index (κ1) is 19.1. The fourth-order valence-electron chi connectivity index (χ4n) is 4.26. The molecule has 0 spiro atoms. The number of nitrogens with one attached hydrogen (secondary N) is 1. The van der Waals surface area contributed by atoms with Crippen LogP contribution < -0.4 is 10.2 Å². The Balaban J connectivity index is 1.66. The summed E-state index contributed by atoms with van der Waals surface area (Å²) in [5.74, 6) is -1.48. The van der Waals surface area contributed by atoms with Gasteiger partial charge >= 0.3 is 0 Å². The second-order valence-corrected chi connectivity index (χ2v) is 7.94. The lowest BCUT2D eigenvalue weighted by Gasteiger charge is -2.22. The van der Waals surface area contributed by atoms with Crippen LogP contribution in [-0.4, -0.2) is 17.7 Å². The Labute approximate surface area is 170 Å². The number of benzene rings is 2. The Hall–Kier alpha value is -3.21. The minimum atomic E-state index is -0.358. The van der Waals surface area contributed by atoms with Gasteiger partial charge in [0.25, 0.3) is 5.91 Å². The van der Waals surface area contributed by atoms with E-state index < -0.39 is 0 Å². The zero-order chi connectivity index (χ0) is 20.7. The van der Waals surface area contributed by atoms with Gasteiger partial charge in [-0.2, -0.15) is 0 Å². The van der Waals surface area contributed by atoms with Crippen molar-refractivity contribution in [3.63, 3.8) is 0 Å². The molecule has 0 radical (unpaired) electrons. The van der Waals surface area contributed by atoms with Gasteiger partial charge in [0.2, 0.25) is 11.8 Å². The minimum absolute atomic E-state index is 0.00622. The molecular formula is C24H24N2O3. The molecule has 5 heteroatoms. The van der Waals surface area contributed by atoms with Crippen LogP contribution in [0.3, 0.4) is 0 Å². The summed E-state index contributed by atoms with van der Waals surface area (Å²) in [6, 6.07) is 12.5. The monoisotopic (exact) mass is 388 g/mol. The zero-order valence-electron chi connectivity index (χ0n) is 16.8. The van der Waals surface area contributed by atoms with Gasteiger partial charge in [-0.15, -0.1) is 0 Å². The van der Waals surface area contributed by atoms with Gasteiger partial charge in [0.15, 0.2) is 0 Å². The van der Waals surface area contributed by atoms with E-state index in [0.717, 1.165) is 11.1 Å².